The van der Waals surface area contributed by atoms with Crippen molar-refractivity contribution >= 4 is 17.2 Å². The predicted octanol–water partition coefficient (Wildman–Crippen LogP) is 7.02. The van der Waals surface area contributed by atoms with Crippen molar-refractivity contribution in [2.75, 3.05) is 23.3 Å². The lowest BCUT2D eigenvalue weighted by Crippen LogP contribution is -2.34. The second-order valence-electron chi connectivity index (χ2n) is 11.0. The second kappa shape index (κ2) is 9.77. The first kappa shape index (κ1) is 22.7. The van der Waals surface area contributed by atoms with Gasteiger partial charge in [-0.3, -0.25) is 4.40 Å². The van der Waals surface area contributed by atoms with Crippen molar-refractivity contribution in [3.63, 3.8) is 0 Å². The Morgan fingerprint density at radius 3 is 2.38 bits per heavy atom. The van der Waals surface area contributed by atoms with Crippen molar-refractivity contribution in [3.8, 4) is 17.0 Å². The number of fused-ring (bicyclic) bond motifs is 1. The van der Waals surface area contributed by atoms with Crippen LogP contribution in [0.25, 0.3) is 16.9 Å². The van der Waals surface area contributed by atoms with Gasteiger partial charge >= 0.3 is 0 Å². The molecule has 0 spiro atoms. The highest BCUT2D eigenvalue weighted by Gasteiger charge is 2.27. The zero-order valence-corrected chi connectivity index (χ0v) is 21.6. The van der Waals surface area contributed by atoms with Crippen LogP contribution in [0.4, 0.5) is 11.5 Å². The Kier molecular flexibility index (Phi) is 6.00. The first-order chi connectivity index (χ1) is 18.3. The van der Waals surface area contributed by atoms with Crippen LogP contribution in [-0.4, -0.2) is 28.5 Å². The number of rotatable bonds is 6. The lowest BCUT2D eigenvalue weighted by Gasteiger charge is -2.37. The largest absolute Gasteiger partial charge is 0.485 e. The Balaban J connectivity index is 1.32. The molecule has 1 fully saturated rings. The number of aromatic nitrogens is 2. The van der Waals surface area contributed by atoms with Crippen LogP contribution in [0, 0.1) is 0 Å². The minimum atomic E-state index is 0.493. The number of benzene rings is 2. The fourth-order valence-electron chi connectivity index (χ4n) is 6.61. The van der Waals surface area contributed by atoms with Crippen molar-refractivity contribution < 1.29 is 4.74 Å². The van der Waals surface area contributed by atoms with Gasteiger partial charge in [0.2, 0.25) is 0 Å². The van der Waals surface area contributed by atoms with E-state index in [-0.39, 0.29) is 0 Å². The summed E-state index contributed by atoms with van der Waals surface area (Å²) in [6.07, 6.45) is 13.3. The van der Waals surface area contributed by atoms with Crippen molar-refractivity contribution in [2.24, 2.45) is 0 Å². The molecule has 4 aromatic rings. The zero-order valence-electron chi connectivity index (χ0n) is 21.6. The topological polar surface area (TPSA) is 41.8 Å². The Bertz CT molecular complexity index is 1370. The van der Waals surface area contributed by atoms with E-state index in [1.165, 1.54) is 80.4 Å². The van der Waals surface area contributed by atoms with E-state index in [0.29, 0.717) is 12.6 Å². The maximum absolute atomic E-state index is 6.34. The molecule has 0 amide bonds. The van der Waals surface area contributed by atoms with Gasteiger partial charge in [0.25, 0.3) is 0 Å². The van der Waals surface area contributed by atoms with Crippen molar-refractivity contribution in [3.05, 3.63) is 77.5 Å². The summed E-state index contributed by atoms with van der Waals surface area (Å²) in [6.45, 7) is 2.93. The van der Waals surface area contributed by atoms with Gasteiger partial charge in [0, 0.05) is 36.6 Å². The number of hydrogen-bond donors (Lipinski definition) is 1. The molecular weight excluding hydrogens is 456 g/mol. The SMILES string of the molecule is c1ccc(COc2cccn3c(NC4CCCCC4)c(-c4cc5c6c(c4)CCCN6CCC5)nc23)cc1. The molecule has 2 aromatic heterocycles. The van der Waals surface area contributed by atoms with Gasteiger partial charge in [-0.05, 0) is 79.5 Å². The van der Waals surface area contributed by atoms with Crippen molar-refractivity contribution in [1.29, 1.82) is 0 Å². The highest BCUT2D eigenvalue weighted by molar-refractivity contribution is 5.82. The Morgan fingerprint density at radius 1 is 0.865 bits per heavy atom. The molecule has 4 heterocycles. The van der Waals surface area contributed by atoms with Crippen LogP contribution in [0.1, 0.15) is 61.6 Å². The van der Waals surface area contributed by atoms with E-state index in [0.717, 1.165) is 41.3 Å². The Morgan fingerprint density at radius 2 is 1.62 bits per heavy atom. The van der Waals surface area contributed by atoms with Gasteiger partial charge in [0.15, 0.2) is 11.4 Å². The third kappa shape index (κ3) is 4.35. The Labute approximate surface area is 219 Å². The van der Waals surface area contributed by atoms with Gasteiger partial charge < -0.3 is 15.0 Å². The molecule has 1 aliphatic carbocycles. The van der Waals surface area contributed by atoms with Gasteiger partial charge in [-0.15, -0.1) is 0 Å². The van der Waals surface area contributed by atoms with Gasteiger partial charge in [-0.25, -0.2) is 4.98 Å². The summed E-state index contributed by atoms with van der Waals surface area (Å²) >= 11 is 0. The summed E-state index contributed by atoms with van der Waals surface area (Å²) in [7, 11) is 0. The van der Waals surface area contributed by atoms with Crippen LogP contribution in [0.15, 0.2) is 60.8 Å². The minimum Gasteiger partial charge on any atom is -0.485 e. The lowest BCUT2D eigenvalue weighted by atomic mass is 9.89. The third-order valence-corrected chi connectivity index (χ3v) is 8.40. The maximum Gasteiger partial charge on any atom is 0.181 e. The maximum atomic E-state index is 6.34. The molecular formula is C32H36N4O. The average Bonchev–Trinajstić information content (AvgIpc) is 3.32. The Hall–Kier alpha value is -3.47. The zero-order chi connectivity index (χ0) is 24.6. The fraction of sp³-hybridized carbons (Fsp3) is 0.406. The normalized spacial score (nSPS) is 17.6. The molecule has 2 aromatic carbocycles. The first-order valence-electron chi connectivity index (χ1n) is 14.2. The molecule has 2 aliphatic heterocycles. The molecule has 0 unspecified atom stereocenters. The number of hydrogen-bond acceptors (Lipinski definition) is 4. The van der Waals surface area contributed by atoms with Crippen molar-refractivity contribution in [1.82, 2.24) is 9.38 Å². The van der Waals surface area contributed by atoms with Crippen LogP contribution >= 0.6 is 0 Å². The van der Waals surface area contributed by atoms with Crippen LogP contribution in [0.2, 0.25) is 0 Å². The van der Waals surface area contributed by atoms with E-state index < -0.39 is 0 Å². The molecule has 1 N–H and O–H groups in total. The number of anilines is 2. The van der Waals surface area contributed by atoms with E-state index in [1.54, 1.807) is 0 Å². The number of ether oxygens (including phenoxy) is 1. The van der Waals surface area contributed by atoms with Gasteiger partial charge in [0.05, 0.1) is 0 Å². The van der Waals surface area contributed by atoms with Gasteiger partial charge in [-0.2, -0.15) is 0 Å². The summed E-state index contributed by atoms with van der Waals surface area (Å²) in [5, 5.41) is 3.95. The molecule has 5 heteroatoms. The third-order valence-electron chi connectivity index (χ3n) is 8.40. The minimum absolute atomic E-state index is 0.493. The molecule has 7 rings (SSSR count). The molecule has 0 radical (unpaired) electrons. The fourth-order valence-corrected chi connectivity index (χ4v) is 6.61. The first-order valence-corrected chi connectivity index (χ1v) is 14.2. The standard InChI is InChI=1S/C32H36N4O/c1-3-10-23(11-4-1)22-37-28-16-9-19-36-31(28)34-29(32(36)33-27-14-5-2-6-15-27)26-20-24-12-7-17-35-18-8-13-25(21-26)30(24)35/h1,3-4,9-11,16,19-21,27,33H,2,5-8,12-15,17-18,22H2. The quantitative estimate of drug-likeness (QED) is 0.314. The molecule has 3 aliphatic rings. The van der Waals surface area contributed by atoms with E-state index in [2.05, 4.69) is 63.3 Å². The smallest absolute Gasteiger partial charge is 0.181 e. The average molecular weight is 493 g/mol. The highest BCUT2D eigenvalue weighted by atomic mass is 16.5. The summed E-state index contributed by atoms with van der Waals surface area (Å²) in [5.74, 6) is 1.94. The van der Waals surface area contributed by atoms with E-state index in [1.807, 2.05) is 12.1 Å². The number of pyridine rings is 1. The van der Waals surface area contributed by atoms with E-state index in [4.69, 9.17) is 9.72 Å². The number of nitrogens with one attached hydrogen (secondary N) is 1. The van der Waals surface area contributed by atoms with Gasteiger partial charge in [0.1, 0.15) is 18.1 Å². The summed E-state index contributed by atoms with van der Waals surface area (Å²) in [6, 6.07) is 19.8. The van der Waals surface area contributed by atoms with Crippen LogP contribution in [0.3, 0.4) is 0 Å². The molecule has 0 saturated heterocycles. The highest BCUT2D eigenvalue weighted by Crippen LogP contribution is 2.41. The number of aryl methyl sites for hydroxylation is 2. The monoisotopic (exact) mass is 492 g/mol. The predicted molar refractivity (Wildman–Crippen MR) is 151 cm³/mol. The number of imidazole rings is 1. The lowest BCUT2D eigenvalue weighted by molar-refractivity contribution is 0.308. The number of nitrogens with zero attached hydrogens (tertiary/aromatic N) is 3. The van der Waals surface area contributed by atoms with E-state index in [9.17, 15) is 0 Å². The van der Waals surface area contributed by atoms with Crippen LogP contribution in [0.5, 0.6) is 5.75 Å². The second-order valence-corrected chi connectivity index (χ2v) is 11.0. The van der Waals surface area contributed by atoms with Crippen molar-refractivity contribution in [2.45, 2.75) is 70.4 Å². The van der Waals surface area contributed by atoms with E-state index >= 15 is 0 Å². The molecule has 37 heavy (non-hydrogen) atoms. The summed E-state index contributed by atoms with van der Waals surface area (Å²) in [4.78, 5) is 7.90. The van der Waals surface area contributed by atoms with Crippen LogP contribution < -0.4 is 15.0 Å². The molecule has 5 nitrogen and oxygen atoms in total. The molecule has 1 saturated carbocycles. The molecule has 0 atom stereocenters. The molecule has 190 valence electrons. The molecule has 0 bridgehead atoms. The van der Waals surface area contributed by atoms with Crippen LogP contribution in [-0.2, 0) is 19.4 Å². The summed E-state index contributed by atoms with van der Waals surface area (Å²) in [5.41, 5.74) is 8.87. The van der Waals surface area contributed by atoms with Gasteiger partial charge in [-0.1, -0.05) is 49.6 Å². The summed E-state index contributed by atoms with van der Waals surface area (Å²) < 4.78 is 8.56.